The van der Waals surface area contributed by atoms with Crippen LogP contribution in [-0.2, 0) is 9.53 Å². The first-order valence-corrected chi connectivity index (χ1v) is 5.55. The van der Waals surface area contributed by atoms with Crippen molar-refractivity contribution in [3.63, 3.8) is 0 Å². The van der Waals surface area contributed by atoms with Crippen molar-refractivity contribution in [2.45, 2.75) is 13.3 Å². The van der Waals surface area contributed by atoms with Crippen LogP contribution in [-0.4, -0.2) is 31.4 Å². The number of esters is 1. The molecular formula is C13H18O4. The third kappa shape index (κ3) is 4.44. The van der Waals surface area contributed by atoms with E-state index < -0.39 is 5.92 Å². The van der Waals surface area contributed by atoms with Crippen LogP contribution in [0.4, 0.5) is 0 Å². The number of rotatable bonds is 6. The van der Waals surface area contributed by atoms with E-state index in [9.17, 15) is 4.79 Å². The Hall–Kier alpha value is -1.55. The summed E-state index contributed by atoms with van der Waals surface area (Å²) in [4.78, 5) is 11.4. The molecule has 1 aromatic rings. The first-order chi connectivity index (χ1) is 8.17. The van der Waals surface area contributed by atoms with Gasteiger partial charge in [-0.3, -0.25) is 4.79 Å². The number of aliphatic hydroxyl groups is 1. The van der Waals surface area contributed by atoms with Gasteiger partial charge in [-0.05, 0) is 31.0 Å². The number of benzene rings is 1. The molecule has 1 rings (SSSR count). The summed E-state index contributed by atoms with van der Waals surface area (Å²) in [6.07, 6.45) is 0.346. The Bertz CT molecular complexity index is 362. The lowest BCUT2D eigenvalue weighted by Gasteiger charge is -2.14. The Morgan fingerprint density at radius 2 is 2.24 bits per heavy atom. The van der Waals surface area contributed by atoms with Crippen molar-refractivity contribution in [3.05, 3.63) is 29.8 Å². The summed E-state index contributed by atoms with van der Waals surface area (Å²) in [5.41, 5.74) is 1.10. The highest BCUT2D eigenvalue weighted by atomic mass is 16.5. The summed E-state index contributed by atoms with van der Waals surface area (Å²) in [6.45, 7) is 2.13. The maximum absolute atomic E-state index is 11.4. The molecule has 0 bridgehead atoms. The molecule has 0 saturated carbocycles. The molecule has 1 N–H and O–H groups in total. The van der Waals surface area contributed by atoms with E-state index >= 15 is 0 Å². The lowest BCUT2D eigenvalue weighted by molar-refractivity contribution is -0.147. The molecule has 0 radical (unpaired) electrons. The highest BCUT2D eigenvalue weighted by molar-refractivity contribution is 5.72. The fourth-order valence-electron chi connectivity index (χ4n) is 1.49. The van der Waals surface area contributed by atoms with Crippen molar-refractivity contribution in [1.82, 2.24) is 0 Å². The Balaban J connectivity index is 2.54. The van der Waals surface area contributed by atoms with Crippen LogP contribution >= 0.6 is 0 Å². The van der Waals surface area contributed by atoms with Gasteiger partial charge in [0.25, 0.3) is 0 Å². The summed E-state index contributed by atoms with van der Waals surface area (Å²) in [5, 5.41) is 8.86. The average molecular weight is 238 g/mol. The van der Waals surface area contributed by atoms with E-state index in [2.05, 4.69) is 4.74 Å². The minimum atomic E-state index is -0.425. The van der Waals surface area contributed by atoms with Crippen LogP contribution < -0.4 is 4.74 Å². The third-order valence-corrected chi connectivity index (χ3v) is 2.45. The second kappa shape index (κ2) is 6.91. The molecule has 0 heterocycles. The van der Waals surface area contributed by atoms with Gasteiger partial charge in [-0.1, -0.05) is 12.1 Å². The van der Waals surface area contributed by atoms with E-state index in [4.69, 9.17) is 9.84 Å². The van der Waals surface area contributed by atoms with E-state index in [0.717, 1.165) is 11.3 Å². The number of hydrogen-bond acceptors (Lipinski definition) is 4. The molecule has 4 heteroatoms. The highest BCUT2D eigenvalue weighted by Crippen LogP contribution is 2.15. The summed E-state index contributed by atoms with van der Waals surface area (Å²) < 4.78 is 10.2. The van der Waals surface area contributed by atoms with Crippen molar-refractivity contribution < 1.29 is 19.4 Å². The maximum atomic E-state index is 11.4. The molecule has 1 unspecified atom stereocenters. The Kier molecular flexibility index (Phi) is 5.49. The first-order valence-electron chi connectivity index (χ1n) is 5.55. The van der Waals surface area contributed by atoms with Gasteiger partial charge in [0.05, 0.1) is 13.0 Å². The fourth-order valence-corrected chi connectivity index (χ4v) is 1.49. The van der Waals surface area contributed by atoms with Crippen LogP contribution in [0.2, 0.25) is 0 Å². The number of aliphatic hydroxyl groups excluding tert-OH is 1. The van der Waals surface area contributed by atoms with E-state index in [1.807, 2.05) is 31.2 Å². The van der Waals surface area contributed by atoms with Crippen LogP contribution in [0.3, 0.4) is 0 Å². The topological polar surface area (TPSA) is 55.8 Å². The number of carbonyl (C=O) groups is 1. The van der Waals surface area contributed by atoms with Crippen LogP contribution in [0.5, 0.6) is 5.75 Å². The summed E-state index contributed by atoms with van der Waals surface area (Å²) >= 11 is 0. The molecular weight excluding hydrogens is 220 g/mol. The Morgan fingerprint density at radius 1 is 1.47 bits per heavy atom. The van der Waals surface area contributed by atoms with Gasteiger partial charge in [-0.25, -0.2) is 0 Å². The van der Waals surface area contributed by atoms with E-state index in [-0.39, 0.29) is 19.2 Å². The molecule has 0 fully saturated rings. The van der Waals surface area contributed by atoms with Crippen molar-refractivity contribution in [2.75, 3.05) is 20.3 Å². The van der Waals surface area contributed by atoms with Gasteiger partial charge in [-0.15, -0.1) is 0 Å². The number of aryl methyl sites for hydroxylation is 1. The van der Waals surface area contributed by atoms with Crippen LogP contribution in [0.1, 0.15) is 12.0 Å². The zero-order chi connectivity index (χ0) is 12.7. The Labute approximate surface area is 101 Å². The zero-order valence-electron chi connectivity index (χ0n) is 10.2. The van der Waals surface area contributed by atoms with Gasteiger partial charge in [0.1, 0.15) is 12.4 Å². The van der Waals surface area contributed by atoms with E-state index in [0.29, 0.717) is 6.42 Å². The first kappa shape index (κ1) is 13.5. The minimum absolute atomic E-state index is 0.0586. The van der Waals surface area contributed by atoms with Gasteiger partial charge in [0, 0.05) is 6.61 Å². The molecule has 1 atom stereocenters. The molecule has 17 heavy (non-hydrogen) atoms. The van der Waals surface area contributed by atoms with E-state index in [1.165, 1.54) is 7.11 Å². The highest BCUT2D eigenvalue weighted by Gasteiger charge is 2.19. The summed E-state index contributed by atoms with van der Waals surface area (Å²) in [6, 6.07) is 7.59. The molecule has 1 aromatic carbocycles. The van der Waals surface area contributed by atoms with E-state index in [1.54, 1.807) is 0 Å². The number of ether oxygens (including phenoxy) is 2. The van der Waals surface area contributed by atoms with Crippen molar-refractivity contribution >= 4 is 5.97 Å². The van der Waals surface area contributed by atoms with Gasteiger partial charge >= 0.3 is 5.97 Å². The SMILES string of the molecule is COC(=O)C(CCO)COc1cccc(C)c1. The standard InChI is InChI=1S/C13H18O4/c1-10-4-3-5-12(8-10)17-9-11(6-7-14)13(15)16-2/h3-5,8,11,14H,6-7,9H2,1-2H3. The normalized spacial score (nSPS) is 11.9. The lowest BCUT2D eigenvalue weighted by Crippen LogP contribution is -2.24. The van der Waals surface area contributed by atoms with Crippen LogP contribution in [0.15, 0.2) is 24.3 Å². The zero-order valence-corrected chi connectivity index (χ0v) is 10.2. The van der Waals surface area contributed by atoms with Gasteiger partial charge < -0.3 is 14.6 Å². The second-order valence-electron chi connectivity index (χ2n) is 3.86. The smallest absolute Gasteiger partial charge is 0.312 e. The predicted octanol–water partition coefficient (Wildman–Crippen LogP) is 1.55. The summed E-state index contributed by atoms with van der Waals surface area (Å²) in [5.74, 6) is -0.0611. The predicted molar refractivity (Wildman–Crippen MR) is 63.9 cm³/mol. The molecule has 0 aliphatic carbocycles. The number of carbonyl (C=O) groups excluding carboxylic acids is 1. The van der Waals surface area contributed by atoms with Gasteiger partial charge in [0.2, 0.25) is 0 Å². The van der Waals surface area contributed by atoms with Crippen LogP contribution in [0.25, 0.3) is 0 Å². The molecule has 0 amide bonds. The average Bonchev–Trinajstić information content (AvgIpc) is 2.33. The number of hydrogen-bond donors (Lipinski definition) is 1. The fraction of sp³-hybridized carbons (Fsp3) is 0.462. The minimum Gasteiger partial charge on any atom is -0.493 e. The number of methoxy groups -OCH3 is 1. The molecule has 94 valence electrons. The Morgan fingerprint density at radius 3 is 2.82 bits per heavy atom. The molecule has 0 aliphatic rings. The molecule has 0 spiro atoms. The lowest BCUT2D eigenvalue weighted by atomic mass is 10.1. The second-order valence-corrected chi connectivity index (χ2v) is 3.86. The van der Waals surface area contributed by atoms with Crippen molar-refractivity contribution in [2.24, 2.45) is 5.92 Å². The van der Waals surface area contributed by atoms with Gasteiger partial charge in [0.15, 0.2) is 0 Å². The molecule has 4 nitrogen and oxygen atoms in total. The largest absolute Gasteiger partial charge is 0.493 e. The van der Waals surface area contributed by atoms with Crippen LogP contribution in [0, 0.1) is 12.8 Å². The van der Waals surface area contributed by atoms with Crippen molar-refractivity contribution in [3.8, 4) is 5.75 Å². The van der Waals surface area contributed by atoms with Crippen molar-refractivity contribution in [1.29, 1.82) is 0 Å². The third-order valence-electron chi connectivity index (χ3n) is 2.45. The maximum Gasteiger partial charge on any atom is 0.312 e. The monoisotopic (exact) mass is 238 g/mol. The van der Waals surface area contributed by atoms with Gasteiger partial charge in [-0.2, -0.15) is 0 Å². The molecule has 0 aromatic heterocycles. The molecule has 0 aliphatic heterocycles. The molecule has 0 saturated heterocycles. The summed E-state index contributed by atoms with van der Waals surface area (Å²) in [7, 11) is 1.33. The quantitative estimate of drug-likeness (QED) is 0.764.